The first kappa shape index (κ1) is 6.36. The minimum absolute atomic E-state index is 0.735. The second-order valence-corrected chi connectivity index (χ2v) is 2.22. The molecular weight excluding hydrogens is 128 g/mol. The van der Waals surface area contributed by atoms with Crippen molar-refractivity contribution in [2.45, 2.75) is 0 Å². The molecule has 0 aromatic heterocycles. The summed E-state index contributed by atoms with van der Waals surface area (Å²) in [5, 5.41) is 0. The fourth-order valence-electron chi connectivity index (χ4n) is 0.703. The van der Waals surface area contributed by atoms with Crippen LogP contribution in [0.2, 0.25) is 0 Å². The summed E-state index contributed by atoms with van der Waals surface area (Å²) in [5.74, 6) is 0.907. The van der Waals surface area contributed by atoms with Gasteiger partial charge in [-0.15, -0.1) is 0 Å². The molecule has 0 aliphatic heterocycles. The summed E-state index contributed by atoms with van der Waals surface area (Å²) in [6, 6.07) is 7.76. The Balaban J connectivity index is 3.01. The van der Waals surface area contributed by atoms with Crippen molar-refractivity contribution in [2.24, 2.45) is 0 Å². The van der Waals surface area contributed by atoms with Crippen LogP contribution in [-0.4, -0.2) is 10.5 Å². The number of rotatable bonds is 1. The summed E-state index contributed by atoms with van der Waals surface area (Å²) in [6.45, 7) is 3.79. The number of benzene rings is 1. The molecule has 1 nitrogen and oxygen atoms in total. The Morgan fingerprint density at radius 2 is 2.00 bits per heavy atom. The molecule has 2 heteroatoms. The standard InChI is InChI=1S/C7H9OSi/c1-6-4-2-3-5-7(6)8-9/h2-5H,1H2,9H3. The first-order valence-corrected chi connectivity index (χ1v) is 3.61. The van der Waals surface area contributed by atoms with Crippen LogP contribution in [0.5, 0.6) is 5.75 Å². The second kappa shape index (κ2) is 2.69. The Kier molecular flexibility index (Phi) is 1.90. The van der Waals surface area contributed by atoms with Crippen molar-refractivity contribution >= 4 is 10.5 Å². The van der Waals surface area contributed by atoms with Crippen molar-refractivity contribution in [1.82, 2.24) is 0 Å². The Morgan fingerprint density at radius 3 is 2.44 bits per heavy atom. The molecule has 0 aliphatic carbocycles. The second-order valence-electron chi connectivity index (χ2n) is 1.81. The van der Waals surface area contributed by atoms with Crippen molar-refractivity contribution in [3.8, 4) is 5.75 Å². The average molecular weight is 137 g/mol. The Bertz CT molecular complexity index is 198. The lowest BCUT2D eigenvalue weighted by Crippen LogP contribution is -1.86. The molecule has 0 saturated heterocycles. The minimum Gasteiger partial charge on any atom is -0.553 e. The highest BCUT2D eigenvalue weighted by Crippen LogP contribution is 2.14. The predicted molar refractivity (Wildman–Crippen MR) is 41.5 cm³/mol. The van der Waals surface area contributed by atoms with Crippen molar-refractivity contribution < 1.29 is 4.43 Å². The molecule has 0 aliphatic rings. The van der Waals surface area contributed by atoms with Gasteiger partial charge in [-0.2, -0.15) is 0 Å². The maximum Gasteiger partial charge on any atom is 0.204 e. The summed E-state index contributed by atoms with van der Waals surface area (Å²) in [4.78, 5) is 0. The molecule has 0 N–H and O–H groups in total. The molecule has 0 fully saturated rings. The van der Waals surface area contributed by atoms with Crippen LogP contribution in [0.1, 0.15) is 5.56 Å². The van der Waals surface area contributed by atoms with E-state index in [4.69, 9.17) is 4.43 Å². The van der Waals surface area contributed by atoms with Crippen LogP contribution in [0.4, 0.5) is 0 Å². The molecule has 1 radical (unpaired) electrons. The van der Waals surface area contributed by atoms with Crippen molar-refractivity contribution in [1.29, 1.82) is 0 Å². The predicted octanol–water partition coefficient (Wildman–Crippen LogP) is 0.528. The highest BCUT2D eigenvalue weighted by molar-refractivity contribution is 6.00. The lowest BCUT2D eigenvalue weighted by Gasteiger charge is -2.01. The van der Waals surface area contributed by atoms with Gasteiger partial charge in [-0.1, -0.05) is 18.2 Å². The van der Waals surface area contributed by atoms with Gasteiger partial charge in [0.15, 0.2) is 0 Å². The van der Waals surface area contributed by atoms with Gasteiger partial charge in [0.2, 0.25) is 10.5 Å². The fourth-order valence-corrected chi connectivity index (χ4v) is 1.10. The summed E-state index contributed by atoms with van der Waals surface area (Å²) in [6.07, 6.45) is 0. The lowest BCUT2D eigenvalue weighted by atomic mass is 10.2. The highest BCUT2D eigenvalue weighted by atomic mass is 28.2. The van der Waals surface area contributed by atoms with Gasteiger partial charge in [0.25, 0.3) is 0 Å². The Labute approximate surface area is 58.2 Å². The van der Waals surface area contributed by atoms with Gasteiger partial charge in [0.05, 0.1) is 0 Å². The number of para-hydroxylation sites is 1. The largest absolute Gasteiger partial charge is 0.553 e. The molecule has 0 amide bonds. The molecule has 0 spiro atoms. The molecule has 0 atom stereocenters. The van der Waals surface area contributed by atoms with E-state index in [1.807, 2.05) is 24.3 Å². The van der Waals surface area contributed by atoms with Gasteiger partial charge >= 0.3 is 0 Å². The van der Waals surface area contributed by atoms with E-state index < -0.39 is 0 Å². The molecule has 0 unspecified atom stereocenters. The average Bonchev–Trinajstić information content (AvgIpc) is 1.89. The third-order valence-corrected chi connectivity index (χ3v) is 1.63. The first-order chi connectivity index (χ1) is 4.34. The topological polar surface area (TPSA) is 9.23 Å². The number of hydrogen-bond acceptors (Lipinski definition) is 1. The van der Waals surface area contributed by atoms with Gasteiger partial charge in [-0.3, -0.25) is 0 Å². The zero-order valence-corrected chi connectivity index (χ0v) is 7.42. The monoisotopic (exact) mass is 137 g/mol. The van der Waals surface area contributed by atoms with Crippen LogP contribution < -0.4 is 4.43 Å². The zero-order chi connectivity index (χ0) is 6.69. The van der Waals surface area contributed by atoms with E-state index in [0.29, 0.717) is 0 Å². The van der Waals surface area contributed by atoms with Crippen LogP contribution in [0.3, 0.4) is 0 Å². The van der Waals surface area contributed by atoms with Gasteiger partial charge in [-0.05, 0) is 18.6 Å². The van der Waals surface area contributed by atoms with E-state index >= 15 is 0 Å². The number of hydrogen-bond donors (Lipinski definition) is 0. The summed E-state index contributed by atoms with van der Waals surface area (Å²) in [7, 11) is 0.735. The van der Waals surface area contributed by atoms with Gasteiger partial charge in [0, 0.05) is 0 Å². The molecule has 1 aromatic rings. The lowest BCUT2D eigenvalue weighted by molar-refractivity contribution is 0.613. The summed E-state index contributed by atoms with van der Waals surface area (Å²) >= 11 is 0. The molecule has 9 heavy (non-hydrogen) atoms. The van der Waals surface area contributed by atoms with E-state index in [1.54, 1.807) is 0 Å². The molecular formula is C7H9OSi. The summed E-state index contributed by atoms with van der Waals surface area (Å²) < 4.78 is 5.12. The van der Waals surface area contributed by atoms with E-state index in [1.165, 1.54) is 0 Å². The minimum atomic E-state index is 0.735. The molecule has 0 saturated carbocycles. The van der Waals surface area contributed by atoms with Crippen LogP contribution in [0, 0.1) is 6.92 Å². The van der Waals surface area contributed by atoms with E-state index in [0.717, 1.165) is 21.8 Å². The van der Waals surface area contributed by atoms with E-state index in [9.17, 15) is 0 Å². The zero-order valence-electron chi connectivity index (χ0n) is 5.42. The molecule has 47 valence electrons. The van der Waals surface area contributed by atoms with E-state index in [2.05, 4.69) is 6.92 Å². The maximum absolute atomic E-state index is 5.12. The van der Waals surface area contributed by atoms with Crippen LogP contribution in [0.25, 0.3) is 0 Å². The quantitative estimate of drug-likeness (QED) is 0.513. The molecule has 0 heterocycles. The molecule has 1 aromatic carbocycles. The van der Waals surface area contributed by atoms with Gasteiger partial charge < -0.3 is 4.43 Å². The van der Waals surface area contributed by atoms with Crippen molar-refractivity contribution in [3.05, 3.63) is 36.8 Å². The highest BCUT2D eigenvalue weighted by Gasteiger charge is 1.90. The SMILES string of the molecule is [CH2]c1ccccc1O[SiH3]. The van der Waals surface area contributed by atoms with Crippen LogP contribution in [0.15, 0.2) is 24.3 Å². The van der Waals surface area contributed by atoms with Gasteiger partial charge in [-0.25, -0.2) is 0 Å². The van der Waals surface area contributed by atoms with Gasteiger partial charge in [0.1, 0.15) is 5.75 Å². The maximum atomic E-state index is 5.12. The third kappa shape index (κ3) is 1.33. The smallest absolute Gasteiger partial charge is 0.204 e. The van der Waals surface area contributed by atoms with E-state index in [-0.39, 0.29) is 0 Å². The first-order valence-electron chi connectivity index (χ1n) is 2.79. The Morgan fingerprint density at radius 1 is 1.33 bits per heavy atom. The normalized spacial score (nSPS) is 9.44. The van der Waals surface area contributed by atoms with Crippen LogP contribution >= 0.6 is 0 Å². The summed E-state index contributed by atoms with van der Waals surface area (Å²) in [5.41, 5.74) is 0.965. The fraction of sp³-hybridized carbons (Fsp3) is 0. The van der Waals surface area contributed by atoms with Crippen molar-refractivity contribution in [2.75, 3.05) is 0 Å². The molecule has 1 rings (SSSR count). The van der Waals surface area contributed by atoms with Crippen molar-refractivity contribution in [3.63, 3.8) is 0 Å². The third-order valence-electron chi connectivity index (χ3n) is 1.19. The Hall–Kier alpha value is -0.763. The molecule has 0 bridgehead atoms. The van der Waals surface area contributed by atoms with Crippen LogP contribution in [-0.2, 0) is 0 Å².